The van der Waals surface area contributed by atoms with Crippen LogP contribution in [0, 0.1) is 0 Å². The topological polar surface area (TPSA) is 94.8 Å². The zero-order chi connectivity index (χ0) is 18.2. The van der Waals surface area contributed by atoms with Gasteiger partial charge in [-0.1, -0.05) is 0 Å². The average molecular weight is 348 g/mol. The molecule has 0 unspecified atom stereocenters. The van der Waals surface area contributed by atoms with E-state index < -0.39 is 0 Å². The molecular weight excluding hydrogens is 324 g/mol. The minimum absolute atomic E-state index is 0.519. The zero-order valence-corrected chi connectivity index (χ0v) is 15.2. The highest BCUT2D eigenvalue weighted by atomic mass is 16.5. The summed E-state index contributed by atoms with van der Waals surface area (Å²) in [7, 11) is 8.32. The molecule has 2 N–H and O–H groups in total. The lowest BCUT2D eigenvalue weighted by atomic mass is 10.2. The molecule has 0 radical (unpaired) electrons. The molecule has 0 saturated heterocycles. The molecule has 0 amide bonds. The fourth-order valence-electron chi connectivity index (χ4n) is 2.29. The van der Waals surface area contributed by atoms with Gasteiger partial charge in [0.15, 0.2) is 17.5 Å². The highest BCUT2D eigenvalue weighted by Gasteiger charge is 2.13. The van der Waals surface area contributed by atoms with Crippen LogP contribution in [0.15, 0.2) is 23.5 Å². The molecule has 0 saturated carbocycles. The average Bonchev–Trinajstić information content (AvgIpc) is 3.05. The van der Waals surface area contributed by atoms with Crippen LogP contribution < -0.4 is 24.8 Å². The first-order valence-corrected chi connectivity index (χ1v) is 7.69. The molecule has 0 fully saturated rings. The van der Waals surface area contributed by atoms with Gasteiger partial charge in [-0.2, -0.15) is 5.10 Å². The fourth-order valence-corrected chi connectivity index (χ4v) is 2.29. The van der Waals surface area contributed by atoms with Crippen LogP contribution in [-0.4, -0.2) is 49.1 Å². The Balaban J connectivity index is 2.02. The second kappa shape index (κ2) is 8.76. The van der Waals surface area contributed by atoms with Gasteiger partial charge in [0, 0.05) is 20.6 Å². The Morgan fingerprint density at radius 3 is 2.20 bits per heavy atom. The third kappa shape index (κ3) is 4.52. The molecule has 136 valence electrons. The fraction of sp³-hybridized carbons (Fsp3) is 0.438. The molecule has 1 aromatic carbocycles. The number of rotatable bonds is 7. The molecule has 1 aromatic heterocycles. The Kier molecular flexibility index (Phi) is 6.44. The first-order valence-electron chi connectivity index (χ1n) is 7.69. The minimum Gasteiger partial charge on any atom is -0.493 e. The first-order chi connectivity index (χ1) is 12.1. The summed E-state index contributed by atoms with van der Waals surface area (Å²) in [5, 5.41) is 10.5. The second-order valence-electron chi connectivity index (χ2n) is 5.11. The number of ether oxygens (including phenoxy) is 3. The van der Waals surface area contributed by atoms with E-state index in [1.165, 1.54) is 6.33 Å². The van der Waals surface area contributed by atoms with E-state index in [9.17, 15) is 0 Å². The van der Waals surface area contributed by atoms with E-state index in [4.69, 9.17) is 14.2 Å². The number of aryl methyl sites for hydroxylation is 1. The van der Waals surface area contributed by atoms with Crippen molar-refractivity contribution >= 4 is 5.96 Å². The molecule has 1 heterocycles. The van der Waals surface area contributed by atoms with E-state index in [1.807, 2.05) is 19.2 Å². The number of nitrogens with zero attached hydrogens (tertiary/aromatic N) is 4. The van der Waals surface area contributed by atoms with E-state index in [1.54, 1.807) is 33.1 Å². The maximum Gasteiger partial charge on any atom is 0.203 e. The number of guanidine groups is 1. The largest absolute Gasteiger partial charge is 0.493 e. The molecule has 25 heavy (non-hydrogen) atoms. The monoisotopic (exact) mass is 348 g/mol. The zero-order valence-electron chi connectivity index (χ0n) is 15.2. The lowest BCUT2D eigenvalue weighted by molar-refractivity contribution is 0.323. The Morgan fingerprint density at radius 1 is 1.08 bits per heavy atom. The van der Waals surface area contributed by atoms with Crippen LogP contribution in [0.5, 0.6) is 17.2 Å². The van der Waals surface area contributed by atoms with Crippen LogP contribution in [0.3, 0.4) is 0 Å². The number of aliphatic imine (C=N–C) groups is 1. The molecule has 0 aliphatic carbocycles. The number of benzene rings is 1. The quantitative estimate of drug-likeness (QED) is 0.562. The minimum atomic E-state index is 0.519. The van der Waals surface area contributed by atoms with E-state index in [-0.39, 0.29) is 0 Å². The van der Waals surface area contributed by atoms with E-state index in [2.05, 4.69) is 25.7 Å². The van der Waals surface area contributed by atoms with Crippen LogP contribution in [0.25, 0.3) is 0 Å². The van der Waals surface area contributed by atoms with Crippen molar-refractivity contribution < 1.29 is 14.2 Å². The first kappa shape index (κ1) is 18.4. The Bertz CT molecular complexity index is 703. The molecule has 0 aliphatic heterocycles. The molecule has 9 heteroatoms. The van der Waals surface area contributed by atoms with Gasteiger partial charge in [-0.25, -0.2) is 4.98 Å². The summed E-state index contributed by atoms with van der Waals surface area (Å²) < 4.78 is 17.8. The van der Waals surface area contributed by atoms with Gasteiger partial charge in [0.1, 0.15) is 12.2 Å². The lowest BCUT2D eigenvalue weighted by Gasteiger charge is -2.15. The third-order valence-corrected chi connectivity index (χ3v) is 3.63. The summed E-state index contributed by atoms with van der Waals surface area (Å²) in [6, 6.07) is 3.79. The van der Waals surface area contributed by atoms with Crippen molar-refractivity contribution in [3.05, 3.63) is 29.8 Å². The van der Waals surface area contributed by atoms with Crippen molar-refractivity contribution in [3.63, 3.8) is 0 Å². The number of hydrogen-bond acceptors (Lipinski definition) is 6. The Labute approximate surface area is 147 Å². The third-order valence-electron chi connectivity index (χ3n) is 3.63. The number of hydrogen-bond donors (Lipinski definition) is 2. The van der Waals surface area contributed by atoms with Crippen molar-refractivity contribution in [2.45, 2.75) is 13.1 Å². The lowest BCUT2D eigenvalue weighted by Crippen LogP contribution is -2.36. The molecular formula is C16H24N6O3. The smallest absolute Gasteiger partial charge is 0.203 e. The van der Waals surface area contributed by atoms with Crippen molar-refractivity contribution in [2.24, 2.45) is 12.0 Å². The molecule has 2 rings (SSSR count). The summed E-state index contributed by atoms with van der Waals surface area (Å²) in [5.41, 5.74) is 0.969. The van der Waals surface area contributed by atoms with Crippen LogP contribution in [-0.2, 0) is 20.1 Å². The number of methoxy groups -OCH3 is 3. The SMILES string of the molecule is CN=C(NCc1cc(OC)c(OC)c(OC)c1)NCc1ncnn1C. The summed E-state index contributed by atoms with van der Waals surface area (Å²) in [6.07, 6.45) is 1.52. The normalized spacial score (nSPS) is 11.2. The predicted molar refractivity (Wildman–Crippen MR) is 94.1 cm³/mol. The van der Waals surface area contributed by atoms with Crippen molar-refractivity contribution in [1.29, 1.82) is 0 Å². The summed E-state index contributed by atoms with van der Waals surface area (Å²) in [4.78, 5) is 8.37. The summed E-state index contributed by atoms with van der Waals surface area (Å²) >= 11 is 0. The highest BCUT2D eigenvalue weighted by molar-refractivity contribution is 5.79. The van der Waals surface area contributed by atoms with Crippen LogP contribution in [0.2, 0.25) is 0 Å². The Hall–Kier alpha value is -2.97. The van der Waals surface area contributed by atoms with E-state index in [0.717, 1.165) is 11.4 Å². The van der Waals surface area contributed by atoms with Crippen LogP contribution in [0.1, 0.15) is 11.4 Å². The van der Waals surface area contributed by atoms with Gasteiger partial charge in [-0.15, -0.1) is 0 Å². The standard InChI is InChI=1S/C16H24N6O3/c1-17-16(19-9-14-20-10-21-22(14)2)18-8-11-6-12(23-3)15(25-5)13(7-11)24-4/h6-7,10H,8-9H2,1-5H3,(H2,17,18,19). The van der Waals surface area contributed by atoms with Crippen LogP contribution >= 0.6 is 0 Å². The predicted octanol–water partition coefficient (Wildman–Crippen LogP) is 0.706. The Morgan fingerprint density at radius 2 is 1.72 bits per heavy atom. The number of aromatic nitrogens is 3. The van der Waals surface area contributed by atoms with Gasteiger partial charge >= 0.3 is 0 Å². The van der Waals surface area contributed by atoms with E-state index >= 15 is 0 Å². The molecule has 0 atom stereocenters. The molecule has 9 nitrogen and oxygen atoms in total. The molecule has 0 spiro atoms. The second-order valence-corrected chi connectivity index (χ2v) is 5.11. The summed E-state index contributed by atoms with van der Waals surface area (Å²) in [6.45, 7) is 1.06. The van der Waals surface area contributed by atoms with Gasteiger partial charge in [-0.3, -0.25) is 9.67 Å². The van der Waals surface area contributed by atoms with Crippen molar-refractivity contribution in [2.75, 3.05) is 28.4 Å². The number of nitrogens with one attached hydrogen (secondary N) is 2. The van der Waals surface area contributed by atoms with Gasteiger partial charge in [0.05, 0.1) is 27.9 Å². The van der Waals surface area contributed by atoms with Crippen molar-refractivity contribution in [3.8, 4) is 17.2 Å². The van der Waals surface area contributed by atoms with Gasteiger partial charge in [0.2, 0.25) is 5.75 Å². The van der Waals surface area contributed by atoms with Crippen LogP contribution in [0.4, 0.5) is 0 Å². The van der Waals surface area contributed by atoms with E-state index in [0.29, 0.717) is 36.3 Å². The highest BCUT2D eigenvalue weighted by Crippen LogP contribution is 2.38. The van der Waals surface area contributed by atoms with Gasteiger partial charge in [-0.05, 0) is 17.7 Å². The van der Waals surface area contributed by atoms with Crippen molar-refractivity contribution in [1.82, 2.24) is 25.4 Å². The maximum atomic E-state index is 5.37. The molecule has 0 aliphatic rings. The maximum absolute atomic E-state index is 5.37. The van der Waals surface area contributed by atoms with Gasteiger partial charge < -0.3 is 24.8 Å². The molecule has 0 bridgehead atoms. The summed E-state index contributed by atoms with van der Waals surface area (Å²) in [5.74, 6) is 3.26. The molecule has 2 aromatic rings. The van der Waals surface area contributed by atoms with Gasteiger partial charge in [0.25, 0.3) is 0 Å².